The Morgan fingerprint density at radius 2 is 1.83 bits per heavy atom. The highest BCUT2D eigenvalue weighted by molar-refractivity contribution is 7.85. The van der Waals surface area contributed by atoms with Crippen molar-refractivity contribution in [2.75, 3.05) is 31.2 Å². The number of phenolic OH excluding ortho intramolecular Hbond substituents is 1. The van der Waals surface area contributed by atoms with Gasteiger partial charge in [-0.25, -0.2) is 4.21 Å². The van der Waals surface area contributed by atoms with Crippen LogP contribution < -0.4 is 4.31 Å². The molecule has 0 amide bonds. The number of likely N-dealkylation sites (N-methyl/N-ethyl adjacent to an activating group) is 1. The van der Waals surface area contributed by atoms with Gasteiger partial charge in [0.15, 0.2) is 0 Å². The maximum Gasteiger partial charge on any atom is 0.134 e. The van der Waals surface area contributed by atoms with Crippen molar-refractivity contribution in [3.05, 3.63) is 57.6 Å². The fourth-order valence-electron chi connectivity index (χ4n) is 4.57. The molecule has 0 radical (unpaired) electrons. The molecule has 2 aliphatic rings. The van der Waals surface area contributed by atoms with E-state index >= 15 is 0 Å². The number of anilines is 1. The third-order valence-electron chi connectivity index (χ3n) is 6.15. The Balaban J connectivity index is 0.00000117. The van der Waals surface area contributed by atoms with Crippen molar-refractivity contribution < 1.29 is 9.32 Å². The highest BCUT2D eigenvalue weighted by Gasteiger charge is 2.37. The zero-order valence-electron chi connectivity index (χ0n) is 17.9. The summed E-state index contributed by atoms with van der Waals surface area (Å²) in [4.78, 5) is 2.44. The minimum atomic E-state index is -1.04. The van der Waals surface area contributed by atoms with Gasteiger partial charge in [-0.3, -0.25) is 4.31 Å². The summed E-state index contributed by atoms with van der Waals surface area (Å²) < 4.78 is 13.6. The second-order valence-corrected chi connectivity index (χ2v) is 9.42. The van der Waals surface area contributed by atoms with Crippen molar-refractivity contribution in [3.63, 3.8) is 0 Å². The Labute approximate surface area is 182 Å². The minimum Gasteiger partial charge on any atom is -0.506 e. The van der Waals surface area contributed by atoms with Gasteiger partial charge in [0, 0.05) is 37.5 Å². The van der Waals surface area contributed by atoms with Gasteiger partial charge < -0.3 is 10.0 Å². The van der Waals surface area contributed by atoms with E-state index in [4.69, 9.17) is 11.6 Å². The first-order valence-electron chi connectivity index (χ1n) is 10.3. The maximum atomic E-state index is 11.9. The number of nitrogens with zero attached hydrogens (tertiary/aromatic N) is 2. The molecule has 0 aromatic heterocycles. The van der Waals surface area contributed by atoms with Gasteiger partial charge in [0.1, 0.15) is 16.7 Å². The summed E-state index contributed by atoms with van der Waals surface area (Å²) in [6, 6.07) is 10.6. The Morgan fingerprint density at radius 3 is 2.52 bits per heavy atom. The summed E-state index contributed by atoms with van der Waals surface area (Å²) in [6.45, 7) is 4.99. The first-order valence-corrected chi connectivity index (χ1v) is 12.2. The Kier molecular flexibility index (Phi) is 6.92. The molecule has 1 aliphatic carbocycles. The molecule has 0 fully saturated rings. The number of hydrogen-bond donors (Lipinski definition) is 1. The normalized spacial score (nSPS) is 21.6. The molecule has 6 heteroatoms. The van der Waals surface area contributed by atoms with Crippen LogP contribution in [0.2, 0.25) is 5.02 Å². The van der Waals surface area contributed by atoms with Crippen molar-refractivity contribution in [1.82, 2.24) is 4.90 Å². The highest BCUT2D eigenvalue weighted by atomic mass is 35.5. The van der Waals surface area contributed by atoms with E-state index in [1.54, 1.807) is 10.6 Å². The molecule has 2 aromatic carbocycles. The standard InChI is InChI=1S/C21H25ClN2O2S.C2H6/c1-23-9-8-14-11-18(22)20(25)12-17(14)21-16-6-5-15(24(2)27(3)26)10-13(16)4-7-19(21)23;1-2/h5-6,10-12,19,21,25H,4,7-9H2,1-3H3;1-2H3. The van der Waals surface area contributed by atoms with Crippen molar-refractivity contribution in [1.29, 1.82) is 0 Å². The first-order chi connectivity index (χ1) is 13.9. The van der Waals surface area contributed by atoms with E-state index in [1.807, 2.05) is 33.0 Å². The SMILES string of the molecule is CC.CN1CCc2cc(Cl)c(O)cc2C2c3ccc(N(C)S(C)=O)cc3CCC21. The largest absolute Gasteiger partial charge is 0.506 e. The number of fused-ring (bicyclic) bond motifs is 5. The van der Waals surface area contributed by atoms with Crippen LogP contribution in [-0.2, 0) is 23.8 Å². The number of hydrogen-bond acceptors (Lipinski definition) is 3. The second kappa shape index (κ2) is 9.07. The molecule has 4 nitrogen and oxygen atoms in total. The monoisotopic (exact) mass is 434 g/mol. The Hall–Kier alpha value is -1.56. The zero-order valence-corrected chi connectivity index (χ0v) is 19.5. The summed E-state index contributed by atoms with van der Waals surface area (Å²) in [5.41, 5.74) is 6.01. The van der Waals surface area contributed by atoms with Crippen LogP contribution in [-0.4, -0.2) is 47.2 Å². The van der Waals surface area contributed by atoms with Gasteiger partial charge in [0.05, 0.1) is 5.02 Å². The molecule has 0 saturated heterocycles. The number of rotatable bonds is 2. The molecule has 158 valence electrons. The van der Waals surface area contributed by atoms with Gasteiger partial charge in [0.2, 0.25) is 0 Å². The fraction of sp³-hybridized carbons (Fsp3) is 0.478. The summed E-state index contributed by atoms with van der Waals surface area (Å²) in [5.74, 6) is 0.370. The highest BCUT2D eigenvalue weighted by Crippen LogP contribution is 2.45. The molecule has 0 saturated carbocycles. The van der Waals surface area contributed by atoms with Gasteiger partial charge in [-0.05, 0) is 72.8 Å². The molecule has 29 heavy (non-hydrogen) atoms. The number of aromatic hydroxyl groups is 1. The van der Waals surface area contributed by atoms with E-state index in [0.717, 1.165) is 31.5 Å². The third kappa shape index (κ3) is 4.18. The number of aryl methyl sites for hydroxylation is 1. The van der Waals surface area contributed by atoms with Crippen molar-refractivity contribution >= 4 is 28.3 Å². The van der Waals surface area contributed by atoms with Gasteiger partial charge >= 0.3 is 0 Å². The lowest BCUT2D eigenvalue weighted by Gasteiger charge is -2.38. The van der Waals surface area contributed by atoms with Crippen LogP contribution in [0.3, 0.4) is 0 Å². The van der Waals surface area contributed by atoms with Crippen LogP contribution >= 0.6 is 11.6 Å². The molecular formula is C23H31ClN2O2S. The zero-order chi connectivity index (χ0) is 21.3. The molecule has 1 N–H and O–H groups in total. The van der Waals surface area contributed by atoms with Gasteiger partial charge in [-0.1, -0.05) is 31.5 Å². The average molecular weight is 435 g/mol. The smallest absolute Gasteiger partial charge is 0.134 e. The second-order valence-electron chi connectivity index (χ2n) is 7.62. The quantitative estimate of drug-likeness (QED) is 0.742. The van der Waals surface area contributed by atoms with Gasteiger partial charge in [-0.2, -0.15) is 0 Å². The van der Waals surface area contributed by atoms with Crippen LogP contribution in [0, 0.1) is 0 Å². The lowest BCUT2D eigenvalue weighted by molar-refractivity contribution is 0.214. The topological polar surface area (TPSA) is 43.8 Å². The van der Waals surface area contributed by atoms with E-state index in [2.05, 4.69) is 30.1 Å². The van der Waals surface area contributed by atoms with E-state index in [1.165, 1.54) is 22.3 Å². The van der Waals surface area contributed by atoms with Crippen molar-refractivity contribution in [2.24, 2.45) is 0 Å². The summed E-state index contributed by atoms with van der Waals surface area (Å²) in [6.07, 6.45) is 4.70. The molecular weight excluding hydrogens is 404 g/mol. The number of benzene rings is 2. The van der Waals surface area contributed by atoms with E-state index in [9.17, 15) is 9.32 Å². The van der Waals surface area contributed by atoms with Crippen LogP contribution in [0.25, 0.3) is 0 Å². The molecule has 1 aliphatic heterocycles. The fourth-order valence-corrected chi connectivity index (χ4v) is 5.17. The lowest BCUT2D eigenvalue weighted by atomic mass is 9.74. The van der Waals surface area contributed by atoms with Crippen molar-refractivity contribution in [3.8, 4) is 5.75 Å². The van der Waals surface area contributed by atoms with E-state index in [0.29, 0.717) is 11.1 Å². The lowest BCUT2D eigenvalue weighted by Crippen LogP contribution is -2.39. The molecule has 2 aromatic rings. The third-order valence-corrected chi connectivity index (χ3v) is 7.43. The predicted molar refractivity (Wildman–Crippen MR) is 124 cm³/mol. The molecule has 3 unspecified atom stereocenters. The molecule has 0 bridgehead atoms. The van der Waals surface area contributed by atoms with Crippen molar-refractivity contribution in [2.45, 2.75) is 45.1 Å². The summed E-state index contributed by atoms with van der Waals surface area (Å²) in [7, 11) is 3.01. The number of halogens is 1. The maximum absolute atomic E-state index is 11.9. The van der Waals surface area contributed by atoms with Crippen LogP contribution in [0.4, 0.5) is 5.69 Å². The summed E-state index contributed by atoms with van der Waals surface area (Å²) >= 11 is 6.20. The van der Waals surface area contributed by atoms with Crippen LogP contribution in [0.15, 0.2) is 30.3 Å². The van der Waals surface area contributed by atoms with Crippen LogP contribution in [0.5, 0.6) is 5.75 Å². The first kappa shape index (κ1) is 22.1. The Bertz CT molecular complexity index is 918. The van der Waals surface area contributed by atoms with E-state index in [-0.39, 0.29) is 11.7 Å². The summed E-state index contributed by atoms with van der Waals surface area (Å²) in [5, 5.41) is 10.7. The predicted octanol–water partition coefficient (Wildman–Crippen LogP) is 4.74. The number of phenols is 1. The molecule has 0 spiro atoms. The molecule has 1 heterocycles. The van der Waals surface area contributed by atoms with Crippen LogP contribution in [0.1, 0.15) is 48.4 Å². The van der Waals surface area contributed by atoms with Gasteiger partial charge in [-0.15, -0.1) is 0 Å². The molecule has 3 atom stereocenters. The van der Waals surface area contributed by atoms with Gasteiger partial charge in [0.25, 0.3) is 0 Å². The minimum absolute atomic E-state index is 0.156. The average Bonchev–Trinajstić information content (AvgIpc) is 2.86. The molecule has 4 rings (SSSR count). The van der Waals surface area contributed by atoms with E-state index < -0.39 is 11.0 Å². The Morgan fingerprint density at radius 1 is 1.14 bits per heavy atom.